The van der Waals surface area contributed by atoms with E-state index < -0.39 is 0 Å². The zero-order chi connectivity index (χ0) is 16.7. The number of carbonyl (C=O) groups is 2. The molecule has 0 aliphatic carbocycles. The molecule has 2 aromatic rings. The minimum absolute atomic E-state index is 0.0755. The Morgan fingerprint density at radius 1 is 1.26 bits per heavy atom. The van der Waals surface area contributed by atoms with E-state index in [1.165, 1.54) is 6.92 Å². The molecule has 122 valence electrons. The van der Waals surface area contributed by atoms with E-state index >= 15 is 0 Å². The zero-order valence-electron chi connectivity index (χ0n) is 13.2. The van der Waals surface area contributed by atoms with Crippen molar-refractivity contribution in [2.24, 2.45) is 0 Å². The minimum Gasteiger partial charge on any atom is -0.484 e. The third-order valence-corrected chi connectivity index (χ3v) is 3.17. The van der Waals surface area contributed by atoms with Crippen molar-refractivity contribution in [1.82, 2.24) is 20.8 Å². The molecule has 3 N–H and O–H groups in total. The molecule has 1 heterocycles. The van der Waals surface area contributed by atoms with E-state index in [0.717, 1.165) is 16.8 Å². The van der Waals surface area contributed by atoms with Crippen molar-refractivity contribution in [1.29, 1.82) is 0 Å². The smallest absolute Gasteiger partial charge is 0.258 e. The molecule has 23 heavy (non-hydrogen) atoms. The van der Waals surface area contributed by atoms with E-state index in [2.05, 4.69) is 20.8 Å². The molecule has 0 aliphatic rings. The highest BCUT2D eigenvalue weighted by molar-refractivity contribution is 5.78. The van der Waals surface area contributed by atoms with Gasteiger partial charge in [-0.15, -0.1) is 0 Å². The third-order valence-electron chi connectivity index (χ3n) is 3.17. The molecule has 1 aromatic heterocycles. The Morgan fingerprint density at radius 3 is 2.74 bits per heavy atom. The molecule has 0 unspecified atom stereocenters. The van der Waals surface area contributed by atoms with Gasteiger partial charge in [0.15, 0.2) is 6.61 Å². The van der Waals surface area contributed by atoms with Gasteiger partial charge < -0.3 is 15.4 Å². The van der Waals surface area contributed by atoms with Crippen molar-refractivity contribution < 1.29 is 14.3 Å². The predicted octanol–water partition coefficient (Wildman–Crippen LogP) is 1.02. The lowest BCUT2D eigenvalue weighted by Gasteiger charge is -2.09. The fourth-order valence-electron chi connectivity index (χ4n) is 2.04. The monoisotopic (exact) mass is 316 g/mol. The highest BCUT2D eigenvalue weighted by Gasteiger charge is 2.06. The Balaban J connectivity index is 1.83. The largest absolute Gasteiger partial charge is 0.484 e. The topological polar surface area (TPSA) is 96.1 Å². The van der Waals surface area contributed by atoms with E-state index in [1.807, 2.05) is 25.1 Å². The molecular weight excluding hydrogens is 296 g/mol. The van der Waals surface area contributed by atoms with Crippen molar-refractivity contribution in [2.45, 2.75) is 13.8 Å². The van der Waals surface area contributed by atoms with Crippen molar-refractivity contribution >= 4 is 11.8 Å². The molecule has 0 saturated heterocycles. The van der Waals surface area contributed by atoms with Crippen LogP contribution in [0, 0.1) is 6.92 Å². The second-order valence-electron chi connectivity index (χ2n) is 5.06. The first-order valence-electron chi connectivity index (χ1n) is 7.30. The van der Waals surface area contributed by atoms with Gasteiger partial charge in [0.1, 0.15) is 5.75 Å². The first-order valence-corrected chi connectivity index (χ1v) is 7.30. The summed E-state index contributed by atoms with van der Waals surface area (Å²) in [4.78, 5) is 22.4. The van der Waals surface area contributed by atoms with Crippen molar-refractivity contribution in [3.63, 3.8) is 0 Å². The summed E-state index contributed by atoms with van der Waals surface area (Å²) in [6, 6.07) is 7.48. The highest BCUT2D eigenvalue weighted by Crippen LogP contribution is 2.25. The summed E-state index contributed by atoms with van der Waals surface area (Å²) in [7, 11) is 0. The van der Waals surface area contributed by atoms with Gasteiger partial charge in [-0.25, -0.2) is 0 Å². The standard InChI is InChI=1S/C16H20N4O3/c1-11-15(9-19-20-11)13-4-3-5-14(8-13)23-10-16(22)18-7-6-17-12(2)21/h3-5,8-9H,6-7,10H2,1-2H3,(H,17,21)(H,18,22)(H,19,20). The van der Waals surface area contributed by atoms with E-state index in [9.17, 15) is 9.59 Å². The molecular formula is C16H20N4O3. The summed E-state index contributed by atoms with van der Waals surface area (Å²) >= 11 is 0. The molecule has 0 fully saturated rings. The maximum absolute atomic E-state index is 11.7. The van der Waals surface area contributed by atoms with Gasteiger partial charge in [-0.3, -0.25) is 14.7 Å². The number of amides is 2. The average molecular weight is 316 g/mol. The van der Waals surface area contributed by atoms with Crippen LogP contribution in [0.25, 0.3) is 11.1 Å². The molecule has 0 atom stereocenters. The minimum atomic E-state index is -0.236. The maximum atomic E-state index is 11.7. The quantitative estimate of drug-likeness (QED) is 0.664. The lowest BCUT2D eigenvalue weighted by Crippen LogP contribution is -2.36. The number of aromatic amines is 1. The summed E-state index contributed by atoms with van der Waals surface area (Å²) in [5, 5.41) is 12.2. The van der Waals surface area contributed by atoms with Crippen LogP contribution in [0.4, 0.5) is 0 Å². The average Bonchev–Trinajstić information content (AvgIpc) is 2.96. The van der Waals surface area contributed by atoms with Crippen LogP contribution in [-0.4, -0.2) is 41.7 Å². The molecule has 1 aromatic carbocycles. The summed E-state index contributed by atoms with van der Waals surface area (Å²) in [5.41, 5.74) is 2.94. The van der Waals surface area contributed by atoms with Crippen molar-refractivity contribution in [2.75, 3.05) is 19.7 Å². The Labute approximate surface area is 134 Å². The van der Waals surface area contributed by atoms with Gasteiger partial charge in [0.2, 0.25) is 5.91 Å². The van der Waals surface area contributed by atoms with Gasteiger partial charge in [0.05, 0.1) is 6.20 Å². The third kappa shape index (κ3) is 5.14. The van der Waals surface area contributed by atoms with Crippen molar-refractivity contribution in [3.8, 4) is 16.9 Å². The molecule has 0 aliphatic heterocycles. The van der Waals surface area contributed by atoms with Crippen molar-refractivity contribution in [3.05, 3.63) is 36.2 Å². The van der Waals surface area contributed by atoms with Crippen LogP contribution >= 0.6 is 0 Å². The highest BCUT2D eigenvalue weighted by atomic mass is 16.5. The second-order valence-corrected chi connectivity index (χ2v) is 5.06. The number of carbonyl (C=O) groups excluding carboxylic acids is 2. The van der Waals surface area contributed by atoms with Crippen LogP contribution in [0.2, 0.25) is 0 Å². The first kappa shape index (κ1) is 16.5. The first-order chi connectivity index (χ1) is 11.1. The Morgan fingerprint density at radius 2 is 2.04 bits per heavy atom. The maximum Gasteiger partial charge on any atom is 0.258 e. The van der Waals surface area contributed by atoms with Gasteiger partial charge in [0.25, 0.3) is 5.91 Å². The molecule has 2 amide bonds. The van der Waals surface area contributed by atoms with Crippen LogP contribution in [0.3, 0.4) is 0 Å². The number of benzene rings is 1. The van der Waals surface area contributed by atoms with E-state index in [1.54, 1.807) is 12.3 Å². The number of nitrogens with one attached hydrogen (secondary N) is 3. The van der Waals surface area contributed by atoms with Gasteiger partial charge in [-0.2, -0.15) is 5.10 Å². The molecule has 0 bridgehead atoms. The Bertz CT molecular complexity index is 681. The van der Waals surface area contributed by atoms with Crippen LogP contribution in [0.5, 0.6) is 5.75 Å². The van der Waals surface area contributed by atoms with E-state index in [-0.39, 0.29) is 18.4 Å². The van der Waals surface area contributed by atoms with Crippen LogP contribution in [-0.2, 0) is 9.59 Å². The normalized spacial score (nSPS) is 10.2. The number of hydrogen-bond acceptors (Lipinski definition) is 4. The van der Waals surface area contributed by atoms with Crippen LogP contribution in [0.1, 0.15) is 12.6 Å². The number of hydrogen-bond donors (Lipinski definition) is 3. The lowest BCUT2D eigenvalue weighted by atomic mass is 10.1. The second kappa shape index (κ2) is 7.98. The van der Waals surface area contributed by atoms with Gasteiger partial charge in [-0.1, -0.05) is 12.1 Å². The van der Waals surface area contributed by atoms with Gasteiger partial charge in [-0.05, 0) is 24.6 Å². The number of nitrogens with zero attached hydrogens (tertiary/aromatic N) is 1. The number of rotatable bonds is 7. The molecule has 7 nitrogen and oxygen atoms in total. The molecule has 2 rings (SSSR count). The van der Waals surface area contributed by atoms with Crippen LogP contribution in [0.15, 0.2) is 30.5 Å². The summed E-state index contributed by atoms with van der Waals surface area (Å²) in [5.74, 6) is 0.252. The predicted molar refractivity (Wildman–Crippen MR) is 85.9 cm³/mol. The van der Waals surface area contributed by atoms with Crippen LogP contribution < -0.4 is 15.4 Å². The number of ether oxygens (including phenoxy) is 1. The fourth-order valence-corrected chi connectivity index (χ4v) is 2.04. The molecule has 7 heteroatoms. The lowest BCUT2D eigenvalue weighted by molar-refractivity contribution is -0.123. The number of aryl methyl sites for hydroxylation is 1. The molecule has 0 spiro atoms. The summed E-state index contributed by atoms with van der Waals surface area (Å²) in [6.07, 6.45) is 1.75. The zero-order valence-corrected chi connectivity index (χ0v) is 13.2. The van der Waals surface area contributed by atoms with Gasteiger partial charge in [0, 0.05) is 31.3 Å². The SMILES string of the molecule is CC(=O)NCCNC(=O)COc1cccc(-c2cn[nH]c2C)c1. The summed E-state index contributed by atoms with van der Waals surface area (Å²) < 4.78 is 5.49. The van der Waals surface area contributed by atoms with E-state index in [4.69, 9.17) is 4.74 Å². The molecule has 0 saturated carbocycles. The van der Waals surface area contributed by atoms with Gasteiger partial charge >= 0.3 is 0 Å². The molecule has 0 radical (unpaired) electrons. The number of aromatic nitrogens is 2. The van der Waals surface area contributed by atoms with E-state index in [0.29, 0.717) is 18.8 Å². The summed E-state index contributed by atoms with van der Waals surface area (Å²) in [6.45, 7) is 4.07. The fraction of sp³-hybridized carbons (Fsp3) is 0.312. The Kier molecular flexibility index (Phi) is 5.74. The Hall–Kier alpha value is -2.83. The number of H-pyrrole nitrogens is 1.